The summed E-state index contributed by atoms with van der Waals surface area (Å²) >= 11 is 0. The van der Waals surface area contributed by atoms with Crippen LogP contribution in [0.25, 0.3) is 0 Å². The van der Waals surface area contributed by atoms with E-state index in [0.29, 0.717) is 0 Å². The van der Waals surface area contributed by atoms with Gasteiger partial charge in [-0.2, -0.15) is 0 Å². The fourth-order valence-corrected chi connectivity index (χ4v) is 3.78. The quantitative estimate of drug-likeness (QED) is 0.807. The average molecular weight is 400 g/mol. The highest BCUT2D eigenvalue weighted by atomic mass is 19.1. The molecule has 1 fully saturated rings. The molecule has 0 saturated carbocycles. The first-order valence-electron chi connectivity index (χ1n) is 9.46. The SMILES string of the molecule is COCC(=O)NC1C(c2ccccc2)N(C(=O)c2ccccc2F)CCC1(C)O. The van der Waals surface area contributed by atoms with Gasteiger partial charge < -0.3 is 20.1 Å². The zero-order chi connectivity index (χ0) is 21.0. The van der Waals surface area contributed by atoms with Crippen LogP contribution in [-0.2, 0) is 9.53 Å². The van der Waals surface area contributed by atoms with Crippen molar-refractivity contribution in [2.75, 3.05) is 20.3 Å². The third-order valence-corrected chi connectivity index (χ3v) is 5.28. The lowest BCUT2D eigenvalue weighted by atomic mass is 9.79. The number of benzene rings is 2. The van der Waals surface area contributed by atoms with Crippen LogP contribution in [0.4, 0.5) is 4.39 Å². The van der Waals surface area contributed by atoms with Crippen molar-refractivity contribution in [3.05, 3.63) is 71.5 Å². The lowest BCUT2D eigenvalue weighted by Gasteiger charge is -2.49. The predicted molar refractivity (Wildman–Crippen MR) is 106 cm³/mol. The highest BCUT2D eigenvalue weighted by molar-refractivity contribution is 5.95. The maximum absolute atomic E-state index is 14.3. The number of piperidine rings is 1. The zero-order valence-corrected chi connectivity index (χ0v) is 16.5. The predicted octanol–water partition coefficient (Wildman–Crippen LogP) is 2.30. The summed E-state index contributed by atoms with van der Waals surface area (Å²) in [6.07, 6.45) is 0.231. The summed E-state index contributed by atoms with van der Waals surface area (Å²) in [7, 11) is 1.40. The van der Waals surface area contributed by atoms with Crippen molar-refractivity contribution in [1.29, 1.82) is 0 Å². The minimum atomic E-state index is -1.27. The highest BCUT2D eigenvalue weighted by Crippen LogP contribution is 2.38. The summed E-state index contributed by atoms with van der Waals surface area (Å²) in [6.45, 7) is 1.68. The summed E-state index contributed by atoms with van der Waals surface area (Å²) in [5.41, 5.74) is -0.576. The number of nitrogens with zero attached hydrogens (tertiary/aromatic N) is 1. The molecule has 154 valence electrons. The molecule has 0 aromatic heterocycles. The van der Waals surface area contributed by atoms with Gasteiger partial charge in [0.25, 0.3) is 5.91 Å². The van der Waals surface area contributed by atoms with Gasteiger partial charge in [-0.25, -0.2) is 4.39 Å². The topological polar surface area (TPSA) is 78.9 Å². The van der Waals surface area contributed by atoms with Crippen LogP contribution in [0, 0.1) is 5.82 Å². The number of hydrogen-bond donors (Lipinski definition) is 2. The molecular formula is C22H25FN2O4. The number of aliphatic hydroxyl groups is 1. The lowest BCUT2D eigenvalue weighted by Crippen LogP contribution is -2.63. The standard InChI is InChI=1S/C22H25FN2O4/c1-22(28)12-13-25(21(27)16-10-6-7-11-17(16)23)19(15-8-4-3-5-9-15)20(22)24-18(26)14-29-2/h3-11,19-20,28H,12-14H2,1-2H3,(H,24,26). The van der Waals surface area contributed by atoms with Gasteiger partial charge in [-0.15, -0.1) is 0 Å². The normalized spacial score (nSPS) is 24.2. The highest BCUT2D eigenvalue weighted by Gasteiger charge is 2.48. The Kier molecular flexibility index (Phi) is 6.30. The van der Waals surface area contributed by atoms with Crippen molar-refractivity contribution in [1.82, 2.24) is 10.2 Å². The Morgan fingerprint density at radius 2 is 1.86 bits per heavy atom. The first kappa shape index (κ1) is 21.0. The number of halogens is 1. The Morgan fingerprint density at radius 3 is 2.52 bits per heavy atom. The van der Waals surface area contributed by atoms with Crippen LogP contribution in [-0.4, -0.2) is 53.7 Å². The molecular weight excluding hydrogens is 375 g/mol. The van der Waals surface area contributed by atoms with E-state index in [2.05, 4.69) is 5.32 Å². The maximum atomic E-state index is 14.3. The van der Waals surface area contributed by atoms with E-state index >= 15 is 0 Å². The van der Waals surface area contributed by atoms with E-state index in [9.17, 15) is 19.1 Å². The number of nitrogens with one attached hydrogen (secondary N) is 1. The second-order valence-corrected chi connectivity index (χ2v) is 7.42. The number of likely N-dealkylation sites (tertiary alicyclic amines) is 1. The number of rotatable bonds is 5. The molecule has 0 radical (unpaired) electrons. The molecule has 0 bridgehead atoms. The zero-order valence-electron chi connectivity index (χ0n) is 16.5. The van der Waals surface area contributed by atoms with Gasteiger partial charge in [0.05, 0.1) is 23.2 Å². The summed E-state index contributed by atoms with van der Waals surface area (Å²) in [4.78, 5) is 27.0. The van der Waals surface area contributed by atoms with Gasteiger partial charge in [-0.3, -0.25) is 9.59 Å². The Bertz CT molecular complexity index is 872. The third-order valence-electron chi connectivity index (χ3n) is 5.28. The largest absolute Gasteiger partial charge is 0.388 e. The number of ether oxygens (including phenoxy) is 1. The molecule has 3 rings (SSSR count). The molecule has 2 amide bonds. The Balaban J connectivity index is 2.04. The molecule has 2 aromatic rings. The van der Waals surface area contributed by atoms with Crippen LogP contribution < -0.4 is 5.32 Å². The van der Waals surface area contributed by atoms with E-state index in [-0.39, 0.29) is 25.1 Å². The Morgan fingerprint density at radius 1 is 1.21 bits per heavy atom. The summed E-state index contributed by atoms with van der Waals surface area (Å²) < 4.78 is 19.2. The number of amides is 2. The van der Waals surface area contributed by atoms with Crippen molar-refractivity contribution >= 4 is 11.8 Å². The molecule has 2 N–H and O–H groups in total. The fraction of sp³-hybridized carbons (Fsp3) is 0.364. The molecule has 1 saturated heterocycles. The van der Waals surface area contributed by atoms with Crippen molar-refractivity contribution in [3.8, 4) is 0 Å². The second-order valence-electron chi connectivity index (χ2n) is 7.42. The van der Waals surface area contributed by atoms with E-state index in [4.69, 9.17) is 4.74 Å². The van der Waals surface area contributed by atoms with E-state index in [1.807, 2.05) is 30.3 Å². The second kappa shape index (κ2) is 8.71. The van der Waals surface area contributed by atoms with Crippen LogP contribution in [0.15, 0.2) is 54.6 Å². The van der Waals surface area contributed by atoms with Crippen LogP contribution in [0.2, 0.25) is 0 Å². The molecule has 2 aromatic carbocycles. The number of carbonyl (C=O) groups excluding carboxylic acids is 2. The average Bonchev–Trinajstić information content (AvgIpc) is 2.70. The number of methoxy groups -OCH3 is 1. The molecule has 7 heteroatoms. The fourth-order valence-electron chi connectivity index (χ4n) is 3.78. The van der Waals surface area contributed by atoms with Crippen LogP contribution in [0.3, 0.4) is 0 Å². The van der Waals surface area contributed by atoms with Gasteiger partial charge in [0, 0.05) is 13.7 Å². The van der Waals surface area contributed by atoms with Gasteiger partial charge in [-0.1, -0.05) is 42.5 Å². The Hall–Kier alpha value is -2.77. The van der Waals surface area contributed by atoms with Crippen LogP contribution in [0.5, 0.6) is 0 Å². The van der Waals surface area contributed by atoms with E-state index in [1.54, 1.807) is 13.0 Å². The third kappa shape index (κ3) is 4.46. The van der Waals surface area contributed by atoms with Crippen LogP contribution in [0.1, 0.15) is 35.3 Å². The van der Waals surface area contributed by atoms with Crippen molar-refractivity contribution in [2.24, 2.45) is 0 Å². The summed E-state index contributed by atoms with van der Waals surface area (Å²) in [5, 5.41) is 13.8. The number of hydrogen-bond acceptors (Lipinski definition) is 4. The minimum Gasteiger partial charge on any atom is -0.388 e. The molecule has 3 unspecified atom stereocenters. The summed E-state index contributed by atoms with van der Waals surface area (Å²) in [5.74, 6) is -1.50. The number of carbonyl (C=O) groups is 2. The van der Waals surface area contributed by atoms with Crippen molar-refractivity contribution in [3.63, 3.8) is 0 Å². The van der Waals surface area contributed by atoms with Gasteiger partial charge in [-0.05, 0) is 31.0 Å². The first-order valence-corrected chi connectivity index (χ1v) is 9.46. The Labute approximate surface area is 169 Å². The first-order chi connectivity index (χ1) is 13.8. The molecule has 0 aliphatic carbocycles. The monoisotopic (exact) mass is 400 g/mol. The lowest BCUT2D eigenvalue weighted by molar-refractivity contribution is -0.131. The minimum absolute atomic E-state index is 0.0445. The van der Waals surface area contributed by atoms with Gasteiger partial charge in [0.2, 0.25) is 5.91 Å². The van der Waals surface area contributed by atoms with Crippen molar-refractivity contribution < 1.29 is 23.8 Å². The maximum Gasteiger partial charge on any atom is 0.257 e. The smallest absolute Gasteiger partial charge is 0.257 e. The van der Waals surface area contributed by atoms with Crippen molar-refractivity contribution in [2.45, 2.75) is 31.0 Å². The van der Waals surface area contributed by atoms with Gasteiger partial charge in [0.1, 0.15) is 12.4 Å². The van der Waals surface area contributed by atoms with Gasteiger partial charge in [0.15, 0.2) is 0 Å². The van der Waals surface area contributed by atoms with E-state index in [0.717, 1.165) is 5.56 Å². The molecule has 6 nitrogen and oxygen atoms in total. The van der Waals surface area contributed by atoms with Gasteiger partial charge >= 0.3 is 0 Å². The van der Waals surface area contributed by atoms with E-state index < -0.39 is 35.3 Å². The van der Waals surface area contributed by atoms with Crippen LogP contribution >= 0.6 is 0 Å². The molecule has 29 heavy (non-hydrogen) atoms. The molecule has 1 aliphatic rings. The molecule has 1 aliphatic heterocycles. The molecule has 1 heterocycles. The molecule has 3 atom stereocenters. The summed E-state index contributed by atoms with van der Waals surface area (Å²) in [6, 6.07) is 13.5. The molecule has 0 spiro atoms. The van der Waals surface area contributed by atoms with E-state index in [1.165, 1.54) is 30.2 Å².